The van der Waals surface area contributed by atoms with Crippen molar-refractivity contribution in [3.05, 3.63) is 29.8 Å². The quantitative estimate of drug-likeness (QED) is 0.506. The van der Waals surface area contributed by atoms with Crippen LogP contribution in [0.25, 0.3) is 0 Å². The normalized spacial score (nSPS) is 15.3. The third-order valence-electron chi connectivity index (χ3n) is 4.00. The van der Waals surface area contributed by atoms with Crippen molar-refractivity contribution in [2.24, 2.45) is 0 Å². The average molecular weight is 377 g/mol. The lowest BCUT2D eigenvalue weighted by molar-refractivity contribution is -0.149. The summed E-state index contributed by atoms with van der Waals surface area (Å²) in [5.74, 6) is -0.805. The number of methoxy groups -OCH3 is 1. The number of ether oxygens (including phenoxy) is 2. The van der Waals surface area contributed by atoms with E-state index >= 15 is 0 Å². The topological polar surface area (TPSA) is 114 Å². The van der Waals surface area contributed by atoms with Gasteiger partial charge in [-0.25, -0.2) is 4.79 Å². The molecule has 0 aromatic heterocycles. The van der Waals surface area contributed by atoms with Gasteiger partial charge in [-0.3, -0.25) is 19.3 Å². The van der Waals surface area contributed by atoms with Gasteiger partial charge >= 0.3 is 12.0 Å². The van der Waals surface area contributed by atoms with E-state index in [-0.39, 0.29) is 19.5 Å². The number of imide groups is 1. The minimum absolute atomic E-state index is 0.0968. The van der Waals surface area contributed by atoms with Crippen molar-refractivity contribution >= 4 is 23.8 Å². The maximum Gasteiger partial charge on any atom is 0.325 e. The van der Waals surface area contributed by atoms with Crippen LogP contribution in [0.2, 0.25) is 0 Å². The van der Waals surface area contributed by atoms with E-state index in [0.717, 1.165) is 10.5 Å². The summed E-state index contributed by atoms with van der Waals surface area (Å²) in [4.78, 5) is 48.2. The van der Waals surface area contributed by atoms with Gasteiger partial charge in [0, 0.05) is 13.1 Å². The van der Waals surface area contributed by atoms with Crippen LogP contribution in [0, 0.1) is 0 Å². The van der Waals surface area contributed by atoms with E-state index in [0.29, 0.717) is 5.75 Å². The van der Waals surface area contributed by atoms with Crippen molar-refractivity contribution in [3.8, 4) is 5.75 Å². The second kappa shape index (κ2) is 8.52. The number of amides is 4. The van der Waals surface area contributed by atoms with Crippen molar-refractivity contribution in [1.82, 2.24) is 15.5 Å². The summed E-state index contributed by atoms with van der Waals surface area (Å²) in [6.07, 6.45) is -0.180. The predicted molar refractivity (Wildman–Crippen MR) is 94.7 cm³/mol. The zero-order chi connectivity index (χ0) is 20.0. The van der Waals surface area contributed by atoms with Crippen molar-refractivity contribution in [2.45, 2.75) is 32.4 Å². The van der Waals surface area contributed by atoms with E-state index in [1.807, 2.05) is 12.1 Å². The lowest BCUT2D eigenvalue weighted by Crippen LogP contribution is -2.40. The van der Waals surface area contributed by atoms with Crippen LogP contribution in [0.1, 0.15) is 25.8 Å². The summed E-state index contributed by atoms with van der Waals surface area (Å²) in [7, 11) is 1.57. The number of rotatable bonds is 8. The maximum absolute atomic E-state index is 12.0. The summed E-state index contributed by atoms with van der Waals surface area (Å²) < 4.78 is 9.92. The van der Waals surface area contributed by atoms with Crippen LogP contribution in [-0.2, 0) is 25.7 Å². The number of nitrogens with one attached hydrogen (secondary N) is 2. The highest BCUT2D eigenvalue weighted by atomic mass is 16.5. The summed E-state index contributed by atoms with van der Waals surface area (Å²) in [5.41, 5.74) is -0.112. The molecule has 9 heteroatoms. The second-order valence-electron chi connectivity index (χ2n) is 6.55. The van der Waals surface area contributed by atoms with Crippen molar-refractivity contribution in [1.29, 1.82) is 0 Å². The molecular formula is C18H23N3O6. The monoisotopic (exact) mass is 377 g/mol. The fraction of sp³-hybridized carbons (Fsp3) is 0.444. The second-order valence-corrected chi connectivity index (χ2v) is 6.55. The van der Waals surface area contributed by atoms with Crippen LogP contribution in [0.3, 0.4) is 0 Å². The Hall–Kier alpha value is -3.10. The molecule has 1 aromatic rings. The van der Waals surface area contributed by atoms with Gasteiger partial charge in [0.05, 0.1) is 13.5 Å². The number of hydrogen-bond donors (Lipinski definition) is 2. The smallest absolute Gasteiger partial charge is 0.325 e. The molecule has 1 fully saturated rings. The third kappa shape index (κ3) is 5.44. The fourth-order valence-electron chi connectivity index (χ4n) is 2.44. The molecule has 0 aliphatic carbocycles. The van der Waals surface area contributed by atoms with E-state index in [4.69, 9.17) is 9.47 Å². The van der Waals surface area contributed by atoms with Gasteiger partial charge in [0.2, 0.25) is 0 Å². The molecule has 1 saturated heterocycles. The molecule has 0 unspecified atom stereocenters. The van der Waals surface area contributed by atoms with E-state index in [1.54, 1.807) is 33.1 Å². The molecule has 1 aliphatic heterocycles. The molecule has 146 valence electrons. The lowest BCUT2D eigenvalue weighted by Gasteiger charge is -2.15. The Morgan fingerprint density at radius 1 is 1.19 bits per heavy atom. The summed E-state index contributed by atoms with van der Waals surface area (Å²) in [6, 6.07) is 6.63. The SMILES string of the molecule is COc1ccc(CNC(=O)COC(=O)CCN2C(=O)NC(C)(C)C2=O)cc1. The van der Waals surface area contributed by atoms with Gasteiger partial charge in [0.1, 0.15) is 11.3 Å². The van der Waals surface area contributed by atoms with E-state index in [9.17, 15) is 19.2 Å². The summed E-state index contributed by atoms with van der Waals surface area (Å²) >= 11 is 0. The van der Waals surface area contributed by atoms with Gasteiger partial charge in [-0.1, -0.05) is 12.1 Å². The largest absolute Gasteiger partial charge is 0.497 e. The first-order chi connectivity index (χ1) is 12.7. The highest BCUT2D eigenvalue weighted by Crippen LogP contribution is 2.16. The van der Waals surface area contributed by atoms with Crippen LogP contribution in [-0.4, -0.2) is 54.5 Å². The highest BCUT2D eigenvalue weighted by molar-refractivity contribution is 6.06. The van der Waals surface area contributed by atoms with Crippen LogP contribution >= 0.6 is 0 Å². The van der Waals surface area contributed by atoms with Gasteiger partial charge in [-0.15, -0.1) is 0 Å². The minimum atomic E-state index is -0.984. The molecular weight excluding hydrogens is 354 g/mol. The highest BCUT2D eigenvalue weighted by Gasteiger charge is 2.44. The standard InChI is InChI=1S/C18H23N3O6/c1-18(2)16(24)21(17(25)20-18)9-8-15(23)27-11-14(22)19-10-12-4-6-13(26-3)7-5-12/h4-7H,8-11H2,1-3H3,(H,19,22)(H,20,25). The molecule has 1 heterocycles. The Labute approximate surface area is 157 Å². The zero-order valence-electron chi connectivity index (χ0n) is 15.5. The molecule has 0 saturated carbocycles. The fourth-order valence-corrected chi connectivity index (χ4v) is 2.44. The minimum Gasteiger partial charge on any atom is -0.497 e. The molecule has 27 heavy (non-hydrogen) atoms. The van der Waals surface area contributed by atoms with Gasteiger partial charge in [-0.05, 0) is 31.5 Å². The number of benzene rings is 1. The molecule has 2 N–H and O–H groups in total. The lowest BCUT2D eigenvalue weighted by atomic mass is 10.1. The maximum atomic E-state index is 12.0. The molecule has 0 bridgehead atoms. The Kier molecular flexibility index (Phi) is 6.38. The molecule has 9 nitrogen and oxygen atoms in total. The number of carbonyl (C=O) groups excluding carboxylic acids is 4. The van der Waals surface area contributed by atoms with Crippen molar-refractivity contribution in [3.63, 3.8) is 0 Å². The molecule has 4 amide bonds. The van der Waals surface area contributed by atoms with E-state index in [1.165, 1.54) is 0 Å². The molecule has 1 aromatic carbocycles. The molecule has 0 atom stereocenters. The number of carbonyl (C=O) groups is 4. The number of esters is 1. The van der Waals surface area contributed by atoms with Crippen molar-refractivity contribution in [2.75, 3.05) is 20.3 Å². The molecule has 1 aliphatic rings. The van der Waals surface area contributed by atoms with Gasteiger partial charge < -0.3 is 20.1 Å². The van der Waals surface area contributed by atoms with E-state index < -0.39 is 36.0 Å². The number of nitrogens with zero attached hydrogens (tertiary/aromatic N) is 1. The molecule has 2 rings (SSSR count). The Balaban J connectivity index is 1.68. The predicted octanol–water partition coefficient (Wildman–Crippen LogP) is 0.575. The van der Waals surface area contributed by atoms with E-state index in [2.05, 4.69) is 10.6 Å². The Bertz CT molecular complexity index is 729. The van der Waals surface area contributed by atoms with Gasteiger partial charge in [0.25, 0.3) is 11.8 Å². The third-order valence-corrected chi connectivity index (χ3v) is 4.00. The number of hydrogen-bond acceptors (Lipinski definition) is 6. The first-order valence-corrected chi connectivity index (χ1v) is 8.42. The zero-order valence-corrected chi connectivity index (χ0v) is 15.5. The Morgan fingerprint density at radius 3 is 2.41 bits per heavy atom. The summed E-state index contributed by atoms with van der Waals surface area (Å²) in [5, 5.41) is 5.15. The molecule has 0 radical (unpaired) electrons. The Morgan fingerprint density at radius 2 is 1.85 bits per heavy atom. The van der Waals surface area contributed by atoms with Crippen LogP contribution < -0.4 is 15.4 Å². The van der Waals surface area contributed by atoms with Crippen LogP contribution in [0.4, 0.5) is 4.79 Å². The van der Waals surface area contributed by atoms with Crippen molar-refractivity contribution < 1.29 is 28.7 Å². The first kappa shape index (κ1) is 20.2. The van der Waals surface area contributed by atoms with Crippen LogP contribution in [0.5, 0.6) is 5.75 Å². The summed E-state index contributed by atoms with van der Waals surface area (Å²) in [6.45, 7) is 2.93. The molecule has 0 spiro atoms. The first-order valence-electron chi connectivity index (χ1n) is 8.42. The van der Waals surface area contributed by atoms with Gasteiger partial charge in [0.15, 0.2) is 6.61 Å². The van der Waals surface area contributed by atoms with Gasteiger partial charge in [-0.2, -0.15) is 0 Å². The number of urea groups is 1. The average Bonchev–Trinajstić information content (AvgIpc) is 2.84. The van der Waals surface area contributed by atoms with Crippen LogP contribution in [0.15, 0.2) is 24.3 Å².